The van der Waals surface area contributed by atoms with Gasteiger partial charge in [-0.2, -0.15) is 0 Å². The number of hydrogen-bond acceptors (Lipinski definition) is 4. The van der Waals surface area contributed by atoms with Crippen LogP contribution in [0.2, 0.25) is 5.02 Å². The van der Waals surface area contributed by atoms with Crippen molar-refractivity contribution in [2.45, 2.75) is 26.3 Å². The highest BCUT2D eigenvalue weighted by Gasteiger charge is 2.32. The van der Waals surface area contributed by atoms with Crippen molar-refractivity contribution >= 4 is 11.6 Å². The van der Waals surface area contributed by atoms with Crippen molar-refractivity contribution in [1.29, 1.82) is 0 Å². The highest BCUT2D eigenvalue weighted by atomic mass is 35.5. The Hall–Kier alpha value is -0.970. The van der Waals surface area contributed by atoms with Gasteiger partial charge in [0.25, 0.3) is 0 Å². The summed E-state index contributed by atoms with van der Waals surface area (Å²) in [6, 6.07) is 4.05. The molecule has 1 aromatic carbocycles. The van der Waals surface area contributed by atoms with Crippen LogP contribution in [0, 0.1) is 5.41 Å². The number of rotatable bonds is 3. The van der Waals surface area contributed by atoms with Gasteiger partial charge in [0.1, 0.15) is 0 Å². The Morgan fingerprint density at radius 3 is 2.90 bits per heavy atom. The van der Waals surface area contributed by atoms with E-state index in [1.54, 1.807) is 0 Å². The van der Waals surface area contributed by atoms with E-state index in [0.717, 1.165) is 44.8 Å². The van der Waals surface area contributed by atoms with E-state index in [1.165, 1.54) is 5.56 Å². The highest BCUT2D eigenvalue weighted by Crippen LogP contribution is 2.39. The lowest BCUT2D eigenvalue weighted by Crippen LogP contribution is -2.31. The van der Waals surface area contributed by atoms with Gasteiger partial charge in [-0.3, -0.25) is 4.90 Å². The normalized spacial score (nSPS) is 25.9. The number of halogens is 1. The van der Waals surface area contributed by atoms with Crippen molar-refractivity contribution in [3.63, 3.8) is 0 Å². The number of ether oxygens (including phenoxy) is 2. The third-order valence-corrected chi connectivity index (χ3v) is 4.68. The van der Waals surface area contributed by atoms with Gasteiger partial charge in [-0.05, 0) is 42.6 Å². The summed E-state index contributed by atoms with van der Waals surface area (Å²) in [5.41, 5.74) is 7.29. The number of fused-ring (bicyclic) bond motifs is 1. The first-order chi connectivity index (χ1) is 10.1. The molecule has 4 nitrogen and oxygen atoms in total. The molecule has 0 aliphatic carbocycles. The lowest BCUT2D eigenvalue weighted by atomic mass is 9.90. The molecular weight excluding hydrogens is 288 g/mol. The Balaban J connectivity index is 1.75. The highest BCUT2D eigenvalue weighted by molar-refractivity contribution is 6.32. The molecule has 116 valence electrons. The number of nitrogens with two attached hydrogens (primary N) is 1. The van der Waals surface area contributed by atoms with Crippen LogP contribution in [-0.4, -0.2) is 37.7 Å². The van der Waals surface area contributed by atoms with Crippen molar-refractivity contribution in [2.24, 2.45) is 11.1 Å². The molecule has 0 radical (unpaired) electrons. The molecule has 21 heavy (non-hydrogen) atoms. The Labute approximate surface area is 131 Å². The summed E-state index contributed by atoms with van der Waals surface area (Å²) in [4.78, 5) is 2.43. The molecule has 0 amide bonds. The van der Waals surface area contributed by atoms with Crippen LogP contribution in [-0.2, 0) is 6.54 Å². The zero-order chi connectivity index (χ0) is 14.9. The van der Waals surface area contributed by atoms with Crippen molar-refractivity contribution in [1.82, 2.24) is 4.90 Å². The Bertz CT molecular complexity index is 523. The van der Waals surface area contributed by atoms with Crippen LogP contribution in [0.15, 0.2) is 12.1 Å². The zero-order valence-corrected chi connectivity index (χ0v) is 13.3. The molecular formula is C16H23ClN2O2. The van der Waals surface area contributed by atoms with Crippen LogP contribution in [0.3, 0.4) is 0 Å². The van der Waals surface area contributed by atoms with E-state index in [4.69, 9.17) is 26.8 Å². The third kappa shape index (κ3) is 3.28. The number of likely N-dealkylation sites (tertiary alicyclic amines) is 1. The largest absolute Gasteiger partial charge is 0.489 e. The minimum absolute atomic E-state index is 0.245. The average molecular weight is 311 g/mol. The summed E-state index contributed by atoms with van der Waals surface area (Å²) >= 11 is 6.35. The third-order valence-electron chi connectivity index (χ3n) is 4.40. The van der Waals surface area contributed by atoms with E-state index in [2.05, 4.69) is 17.9 Å². The zero-order valence-electron chi connectivity index (χ0n) is 12.5. The standard InChI is InChI=1S/C16H23ClN2O2/c1-16(10-18)3-4-19(11-16)9-12-7-13(17)15-14(8-12)20-5-2-6-21-15/h7-8H,2-6,9-11,18H2,1H3. The molecule has 0 bridgehead atoms. The van der Waals surface area contributed by atoms with Gasteiger partial charge in [-0.15, -0.1) is 0 Å². The number of hydrogen-bond donors (Lipinski definition) is 1. The van der Waals surface area contributed by atoms with Crippen LogP contribution >= 0.6 is 11.6 Å². The monoisotopic (exact) mass is 310 g/mol. The predicted octanol–water partition coefficient (Wildman–Crippen LogP) is 2.67. The Morgan fingerprint density at radius 1 is 1.33 bits per heavy atom. The van der Waals surface area contributed by atoms with Gasteiger partial charge < -0.3 is 15.2 Å². The molecule has 1 unspecified atom stereocenters. The second-order valence-corrected chi connectivity index (χ2v) is 6.84. The minimum atomic E-state index is 0.245. The summed E-state index contributed by atoms with van der Waals surface area (Å²) < 4.78 is 11.4. The van der Waals surface area contributed by atoms with E-state index in [9.17, 15) is 0 Å². The van der Waals surface area contributed by atoms with Crippen LogP contribution < -0.4 is 15.2 Å². The summed E-state index contributed by atoms with van der Waals surface area (Å²) in [6.45, 7) is 7.34. The molecule has 2 N–H and O–H groups in total. The van der Waals surface area contributed by atoms with E-state index in [-0.39, 0.29) is 5.41 Å². The smallest absolute Gasteiger partial charge is 0.179 e. The summed E-state index contributed by atoms with van der Waals surface area (Å²) in [5, 5.41) is 0.644. The summed E-state index contributed by atoms with van der Waals surface area (Å²) in [5.74, 6) is 1.46. The Kier molecular flexibility index (Phi) is 4.29. The van der Waals surface area contributed by atoms with Crippen LogP contribution in [0.4, 0.5) is 0 Å². The topological polar surface area (TPSA) is 47.7 Å². The summed E-state index contributed by atoms with van der Waals surface area (Å²) in [7, 11) is 0. The van der Waals surface area contributed by atoms with E-state index < -0.39 is 0 Å². The lowest BCUT2D eigenvalue weighted by Gasteiger charge is -2.23. The Morgan fingerprint density at radius 2 is 2.14 bits per heavy atom. The van der Waals surface area contributed by atoms with Crippen LogP contribution in [0.1, 0.15) is 25.3 Å². The van der Waals surface area contributed by atoms with E-state index >= 15 is 0 Å². The number of nitrogens with zero attached hydrogens (tertiary/aromatic N) is 1. The van der Waals surface area contributed by atoms with Gasteiger partial charge >= 0.3 is 0 Å². The van der Waals surface area contributed by atoms with Crippen LogP contribution in [0.5, 0.6) is 11.5 Å². The van der Waals surface area contributed by atoms with Crippen molar-refractivity contribution in [2.75, 3.05) is 32.8 Å². The average Bonchev–Trinajstić information content (AvgIpc) is 2.68. The fourth-order valence-electron chi connectivity index (χ4n) is 3.06. The maximum absolute atomic E-state index is 6.35. The molecule has 1 atom stereocenters. The predicted molar refractivity (Wildman–Crippen MR) is 84.1 cm³/mol. The molecule has 1 saturated heterocycles. The molecule has 2 aliphatic heterocycles. The van der Waals surface area contributed by atoms with Gasteiger partial charge in [0.05, 0.1) is 18.2 Å². The van der Waals surface area contributed by atoms with Crippen molar-refractivity contribution in [3.8, 4) is 11.5 Å². The molecule has 0 aromatic heterocycles. The molecule has 0 saturated carbocycles. The molecule has 2 aliphatic rings. The molecule has 3 rings (SSSR count). The molecule has 2 heterocycles. The summed E-state index contributed by atoms with van der Waals surface area (Å²) in [6.07, 6.45) is 2.04. The van der Waals surface area contributed by atoms with Gasteiger partial charge in [-0.25, -0.2) is 0 Å². The van der Waals surface area contributed by atoms with E-state index in [0.29, 0.717) is 24.0 Å². The van der Waals surface area contributed by atoms with Crippen LogP contribution in [0.25, 0.3) is 0 Å². The quantitative estimate of drug-likeness (QED) is 0.932. The fraction of sp³-hybridized carbons (Fsp3) is 0.625. The molecule has 0 spiro atoms. The molecule has 1 aromatic rings. The van der Waals surface area contributed by atoms with Gasteiger partial charge in [0, 0.05) is 19.5 Å². The SMILES string of the molecule is CC1(CN)CCN(Cc2cc(Cl)c3c(c2)OCCCO3)C1. The van der Waals surface area contributed by atoms with Gasteiger partial charge in [0.15, 0.2) is 11.5 Å². The minimum Gasteiger partial charge on any atom is -0.489 e. The first-order valence-corrected chi connectivity index (χ1v) is 7.98. The number of benzene rings is 1. The van der Waals surface area contributed by atoms with Crippen molar-refractivity contribution in [3.05, 3.63) is 22.7 Å². The molecule has 5 heteroatoms. The molecule has 1 fully saturated rings. The van der Waals surface area contributed by atoms with Crippen molar-refractivity contribution < 1.29 is 9.47 Å². The second kappa shape index (κ2) is 6.03. The van der Waals surface area contributed by atoms with E-state index in [1.807, 2.05) is 6.07 Å². The fourth-order valence-corrected chi connectivity index (χ4v) is 3.35. The maximum Gasteiger partial charge on any atom is 0.179 e. The van der Waals surface area contributed by atoms with Gasteiger partial charge in [-0.1, -0.05) is 18.5 Å². The second-order valence-electron chi connectivity index (χ2n) is 6.43. The first-order valence-electron chi connectivity index (χ1n) is 7.60. The maximum atomic E-state index is 6.35. The lowest BCUT2D eigenvalue weighted by molar-refractivity contribution is 0.273. The first kappa shape index (κ1) is 14.9. The van der Waals surface area contributed by atoms with Gasteiger partial charge in [0.2, 0.25) is 0 Å².